The van der Waals surface area contributed by atoms with E-state index in [0.29, 0.717) is 50.7 Å². The second-order valence-corrected chi connectivity index (χ2v) is 7.12. The Hall–Kier alpha value is -3.13. The summed E-state index contributed by atoms with van der Waals surface area (Å²) in [6.07, 6.45) is 1.83. The highest BCUT2D eigenvalue weighted by Crippen LogP contribution is 2.19. The van der Waals surface area contributed by atoms with Gasteiger partial charge in [-0.25, -0.2) is 8.78 Å². The van der Waals surface area contributed by atoms with Gasteiger partial charge in [-0.15, -0.1) is 0 Å². The molecule has 0 saturated carbocycles. The van der Waals surface area contributed by atoms with E-state index >= 15 is 0 Å². The lowest BCUT2D eigenvalue weighted by molar-refractivity contribution is 0.00936. The fraction of sp³-hybridized carbons (Fsp3) is 0.318. The maximum atomic E-state index is 13.8. The number of hydrogen-bond acceptors (Lipinski definition) is 5. The first-order valence-corrected chi connectivity index (χ1v) is 9.84. The van der Waals surface area contributed by atoms with Crippen molar-refractivity contribution in [3.05, 3.63) is 71.6 Å². The first-order valence-electron chi connectivity index (χ1n) is 9.84. The van der Waals surface area contributed by atoms with Gasteiger partial charge in [0.25, 0.3) is 11.8 Å². The van der Waals surface area contributed by atoms with E-state index in [0.717, 1.165) is 17.7 Å². The van der Waals surface area contributed by atoms with Gasteiger partial charge < -0.3 is 14.2 Å². The lowest BCUT2D eigenvalue weighted by atomic mass is 10.1. The Kier molecular flexibility index (Phi) is 6.13. The summed E-state index contributed by atoms with van der Waals surface area (Å²) in [6.45, 7) is 1.36. The molecule has 0 N–H and O–H groups in total. The second kappa shape index (κ2) is 9.13. The Balaban J connectivity index is 1.23. The molecular formula is C22H21F2N3O3. The number of likely N-dealkylation sites (tertiary alicyclic amines) is 1. The number of halogens is 2. The number of rotatable bonds is 6. The van der Waals surface area contributed by atoms with Crippen molar-refractivity contribution in [3.63, 3.8) is 0 Å². The number of carbonyl (C=O) groups excluding carboxylic acids is 1. The van der Waals surface area contributed by atoms with Crippen LogP contribution in [-0.2, 0) is 11.2 Å². The van der Waals surface area contributed by atoms with Crippen LogP contribution in [0.4, 0.5) is 8.78 Å². The Morgan fingerprint density at radius 1 is 1.13 bits per heavy atom. The minimum Gasteiger partial charge on any atom is -0.378 e. The van der Waals surface area contributed by atoms with E-state index in [4.69, 9.17) is 9.26 Å². The fourth-order valence-electron chi connectivity index (χ4n) is 3.43. The molecule has 2 aromatic carbocycles. The van der Waals surface area contributed by atoms with E-state index in [-0.39, 0.29) is 11.7 Å². The topological polar surface area (TPSA) is 68.5 Å². The Bertz CT molecular complexity index is 1000. The Morgan fingerprint density at radius 2 is 1.90 bits per heavy atom. The average Bonchev–Trinajstić information content (AvgIpc) is 3.23. The van der Waals surface area contributed by atoms with Crippen LogP contribution in [0.3, 0.4) is 0 Å². The van der Waals surface area contributed by atoms with E-state index in [9.17, 15) is 13.6 Å². The Labute approximate surface area is 172 Å². The van der Waals surface area contributed by atoms with Gasteiger partial charge in [-0.05, 0) is 37.1 Å². The van der Waals surface area contributed by atoms with Gasteiger partial charge in [0.05, 0.1) is 18.3 Å². The maximum absolute atomic E-state index is 13.8. The average molecular weight is 413 g/mol. The van der Waals surface area contributed by atoms with Crippen LogP contribution in [0.1, 0.15) is 29.0 Å². The van der Waals surface area contributed by atoms with Crippen LogP contribution in [0.5, 0.6) is 0 Å². The van der Waals surface area contributed by atoms with E-state index in [1.165, 1.54) is 6.07 Å². The number of carbonyl (C=O) groups is 1. The number of ether oxygens (including phenoxy) is 1. The minimum atomic E-state index is -0.839. The summed E-state index contributed by atoms with van der Waals surface area (Å²) in [5.74, 6) is -0.910. The molecule has 1 aromatic heterocycles. The lowest BCUT2D eigenvalue weighted by Crippen LogP contribution is -2.41. The molecule has 1 aliphatic heterocycles. The van der Waals surface area contributed by atoms with Crippen LogP contribution < -0.4 is 0 Å². The van der Waals surface area contributed by atoms with Crippen molar-refractivity contribution in [2.75, 3.05) is 19.7 Å². The molecule has 3 aromatic rings. The molecule has 6 nitrogen and oxygen atoms in total. The number of nitrogens with zero attached hydrogens (tertiary/aromatic N) is 3. The zero-order chi connectivity index (χ0) is 20.9. The summed E-state index contributed by atoms with van der Waals surface area (Å²) in [6, 6.07) is 12.5. The first-order chi connectivity index (χ1) is 14.6. The molecule has 2 heterocycles. The van der Waals surface area contributed by atoms with Gasteiger partial charge in [0.2, 0.25) is 0 Å². The fourth-order valence-corrected chi connectivity index (χ4v) is 3.43. The molecule has 0 radical (unpaired) electrons. The van der Waals surface area contributed by atoms with Crippen molar-refractivity contribution in [1.29, 1.82) is 0 Å². The molecule has 156 valence electrons. The molecule has 0 atom stereocenters. The molecule has 8 heteroatoms. The van der Waals surface area contributed by atoms with Crippen LogP contribution >= 0.6 is 0 Å². The number of hydrogen-bond donors (Lipinski definition) is 0. The monoisotopic (exact) mass is 413 g/mol. The lowest BCUT2D eigenvalue weighted by Gasteiger charge is -2.32. The SMILES string of the molecule is O=C(c1ccc(F)cc1F)N1CCC(OCCc2noc(-c3ccccc3)n2)CC1. The molecule has 0 spiro atoms. The number of benzene rings is 2. The van der Waals surface area contributed by atoms with Crippen molar-refractivity contribution < 1.29 is 22.8 Å². The highest BCUT2D eigenvalue weighted by molar-refractivity contribution is 5.94. The molecule has 1 saturated heterocycles. The molecule has 1 amide bonds. The molecule has 1 fully saturated rings. The highest BCUT2D eigenvalue weighted by atomic mass is 19.1. The van der Waals surface area contributed by atoms with Crippen molar-refractivity contribution >= 4 is 5.91 Å². The van der Waals surface area contributed by atoms with Crippen LogP contribution in [-0.4, -0.2) is 46.7 Å². The minimum absolute atomic E-state index is 0.00705. The summed E-state index contributed by atoms with van der Waals surface area (Å²) >= 11 is 0. The second-order valence-electron chi connectivity index (χ2n) is 7.12. The third kappa shape index (κ3) is 4.71. The molecular weight excluding hydrogens is 392 g/mol. The predicted molar refractivity (Wildman–Crippen MR) is 105 cm³/mol. The zero-order valence-corrected chi connectivity index (χ0v) is 16.3. The summed E-state index contributed by atoms with van der Waals surface area (Å²) in [5.41, 5.74) is 0.758. The normalized spacial score (nSPS) is 14.8. The van der Waals surface area contributed by atoms with Gasteiger partial charge in [-0.3, -0.25) is 4.79 Å². The first kappa shape index (κ1) is 20.2. The molecule has 4 rings (SSSR count). The van der Waals surface area contributed by atoms with E-state index in [1.54, 1.807) is 4.90 Å². The van der Waals surface area contributed by atoms with Gasteiger partial charge in [-0.1, -0.05) is 23.4 Å². The van der Waals surface area contributed by atoms with E-state index in [2.05, 4.69) is 10.1 Å². The third-order valence-corrected chi connectivity index (χ3v) is 5.06. The predicted octanol–water partition coefficient (Wildman–Crippen LogP) is 3.88. The maximum Gasteiger partial charge on any atom is 0.257 e. The third-order valence-electron chi connectivity index (χ3n) is 5.06. The van der Waals surface area contributed by atoms with Gasteiger partial charge in [0.15, 0.2) is 5.82 Å². The number of piperidine rings is 1. The summed E-state index contributed by atoms with van der Waals surface area (Å²) in [7, 11) is 0. The van der Waals surface area contributed by atoms with Crippen LogP contribution in [0.15, 0.2) is 53.1 Å². The van der Waals surface area contributed by atoms with Gasteiger partial charge in [0.1, 0.15) is 11.6 Å². The molecule has 30 heavy (non-hydrogen) atoms. The molecule has 0 aliphatic carbocycles. The van der Waals surface area contributed by atoms with Crippen molar-refractivity contribution in [1.82, 2.24) is 15.0 Å². The van der Waals surface area contributed by atoms with Crippen molar-refractivity contribution in [2.24, 2.45) is 0 Å². The van der Waals surface area contributed by atoms with E-state index in [1.807, 2.05) is 30.3 Å². The quantitative estimate of drug-likeness (QED) is 0.614. The van der Waals surface area contributed by atoms with Crippen LogP contribution in [0, 0.1) is 11.6 Å². The van der Waals surface area contributed by atoms with Gasteiger partial charge in [0, 0.05) is 31.1 Å². The van der Waals surface area contributed by atoms with Crippen LogP contribution in [0.25, 0.3) is 11.5 Å². The summed E-state index contributed by atoms with van der Waals surface area (Å²) in [4.78, 5) is 18.4. The smallest absolute Gasteiger partial charge is 0.257 e. The van der Waals surface area contributed by atoms with Gasteiger partial charge in [-0.2, -0.15) is 4.98 Å². The van der Waals surface area contributed by atoms with Crippen LogP contribution in [0.2, 0.25) is 0 Å². The zero-order valence-electron chi connectivity index (χ0n) is 16.3. The van der Waals surface area contributed by atoms with Gasteiger partial charge >= 0.3 is 0 Å². The van der Waals surface area contributed by atoms with Crippen molar-refractivity contribution in [3.8, 4) is 11.5 Å². The molecule has 0 unspecified atom stereocenters. The summed E-state index contributed by atoms with van der Waals surface area (Å²) in [5, 5.41) is 3.98. The summed E-state index contributed by atoms with van der Waals surface area (Å²) < 4.78 is 38.0. The van der Waals surface area contributed by atoms with Crippen molar-refractivity contribution in [2.45, 2.75) is 25.4 Å². The standard InChI is InChI=1S/C22H21F2N3O3/c23-16-6-7-18(19(24)14-16)22(28)27-11-8-17(9-12-27)29-13-10-20-25-21(30-26-20)15-4-2-1-3-5-15/h1-7,14,17H,8-13H2. The Morgan fingerprint density at radius 3 is 2.63 bits per heavy atom. The molecule has 1 aliphatic rings. The largest absolute Gasteiger partial charge is 0.378 e. The number of aromatic nitrogens is 2. The number of amides is 1. The highest BCUT2D eigenvalue weighted by Gasteiger charge is 2.26. The molecule has 0 bridgehead atoms. The van der Waals surface area contributed by atoms with E-state index < -0.39 is 17.5 Å².